The summed E-state index contributed by atoms with van der Waals surface area (Å²) in [7, 11) is 0. The Hall–Kier alpha value is -2.84. The second-order valence-corrected chi connectivity index (χ2v) is 6.64. The van der Waals surface area contributed by atoms with E-state index in [0.717, 1.165) is 37.9 Å². The Labute approximate surface area is 157 Å². The molecule has 0 aliphatic carbocycles. The van der Waals surface area contributed by atoms with Gasteiger partial charge in [-0.15, -0.1) is 0 Å². The van der Waals surface area contributed by atoms with Crippen molar-refractivity contribution in [3.8, 4) is 6.07 Å². The average molecular weight is 368 g/mol. The third-order valence-electron chi connectivity index (χ3n) is 4.64. The van der Waals surface area contributed by atoms with Crippen molar-refractivity contribution < 1.29 is 9.59 Å². The van der Waals surface area contributed by atoms with Crippen molar-refractivity contribution in [2.24, 2.45) is 5.92 Å². The van der Waals surface area contributed by atoms with E-state index in [0.29, 0.717) is 16.3 Å². The lowest BCUT2D eigenvalue weighted by Crippen LogP contribution is -2.38. The van der Waals surface area contributed by atoms with Crippen molar-refractivity contribution in [2.45, 2.75) is 12.8 Å². The number of halogens is 1. The molecule has 3 rings (SSSR count). The van der Waals surface area contributed by atoms with Crippen LogP contribution in [0.1, 0.15) is 28.8 Å². The molecule has 2 aromatic rings. The third kappa shape index (κ3) is 3.87. The number of rotatable bonds is 4. The SMILES string of the molecule is N#Cc1c(Cl)cccc1NC(=O)C1CCN(c2ccc(C=O)cc2)CC1. The Kier molecular flexibility index (Phi) is 5.55. The summed E-state index contributed by atoms with van der Waals surface area (Å²) in [5.74, 6) is -0.189. The minimum Gasteiger partial charge on any atom is -0.371 e. The van der Waals surface area contributed by atoms with Crippen LogP contribution in [0.15, 0.2) is 42.5 Å². The minimum atomic E-state index is -0.106. The summed E-state index contributed by atoms with van der Waals surface area (Å²) in [6.07, 6.45) is 2.28. The number of anilines is 2. The largest absolute Gasteiger partial charge is 0.371 e. The van der Waals surface area contributed by atoms with Crippen molar-refractivity contribution in [1.29, 1.82) is 5.26 Å². The monoisotopic (exact) mass is 367 g/mol. The highest BCUT2D eigenvalue weighted by molar-refractivity contribution is 6.32. The number of benzene rings is 2. The van der Waals surface area contributed by atoms with Crippen LogP contribution in [0.2, 0.25) is 5.02 Å². The molecular formula is C20H18ClN3O2. The second-order valence-electron chi connectivity index (χ2n) is 6.23. The van der Waals surface area contributed by atoms with Gasteiger partial charge in [-0.25, -0.2) is 0 Å². The first-order valence-corrected chi connectivity index (χ1v) is 8.80. The quantitative estimate of drug-likeness (QED) is 0.832. The Morgan fingerprint density at radius 1 is 1.19 bits per heavy atom. The number of aldehydes is 1. The van der Waals surface area contributed by atoms with Gasteiger partial charge in [-0.2, -0.15) is 5.26 Å². The fourth-order valence-electron chi connectivity index (χ4n) is 3.14. The lowest BCUT2D eigenvalue weighted by molar-refractivity contribution is -0.120. The zero-order chi connectivity index (χ0) is 18.5. The van der Waals surface area contributed by atoms with Gasteiger partial charge in [0, 0.05) is 30.3 Å². The Morgan fingerprint density at radius 2 is 1.88 bits per heavy atom. The molecule has 0 atom stereocenters. The number of hydrogen-bond acceptors (Lipinski definition) is 4. The zero-order valence-electron chi connectivity index (χ0n) is 14.1. The van der Waals surface area contributed by atoms with E-state index in [-0.39, 0.29) is 17.4 Å². The highest BCUT2D eigenvalue weighted by Crippen LogP contribution is 2.27. The van der Waals surface area contributed by atoms with Crippen molar-refractivity contribution in [3.05, 3.63) is 58.6 Å². The molecule has 1 aliphatic heterocycles. The molecule has 0 spiro atoms. The maximum Gasteiger partial charge on any atom is 0.227 e. The lowest BCUT2D eigenvalue weighted by atomic mass is 9.95. The molecule has 0 bridgehead atoms. The average Bonchev–Trinajstić information content (AvgIpc) is 2.68. The van der Waals surface area contributed by atoms with Crippen LogP contribution in [0.5, 0.6) is 0 Å². The molecule has 132 valence electrons. The van der Waals surface area contributed by atoms with E-state index in [1.165, 1.54) is 0 Å². The van der Waals surface area contributed by atoms with Gasteiger partial charge in [0.25, 0.3) is 0 Å². The summed E-state index contributed by atoms with van der Waals surface area (Å²) in [6, 6.07) is 14.5. The predicted molar refractivity (Wildman–Crippen MR) is 102 cm³/mol. The molecule has 1 N–H and O–H groups in total. The van der Waals surface area contributed by atoms with Gasteiger partial charge in [0.1, 0.15) is 12.4 Å². The first-order valence-electron chi connectivity index (χ1n) is 8.42. The van der Waals surface area contributed by atoms with Crippen LogP contribution in [0, 0.1) is 17.2 Å². The van der Waals surface area contributed by atoms with Crippen LogP contribution in [0.3, 0.4) is 0 Å². The van der Waals surface area contributed by atoms with Gasteiger partial charge in [0.15, 0.2) is 0 Å². The maximum absolute atomic E-state index is 12.6. The number of piperidine rings is 1. The molecule has 2 aromatic carbocycles. The number of nitriles is 1. The van der Waals surface area contributed by atoms with Gasteiger partial charge < -0.3 is 10.2 Å². The van der Waals surface area contributed by atoms with Crippen LogP contribution in [0.25, 0.3) is 0 Å². The number of hydrogen-bond donors (Lipinski definition) is 1. The van der Waals surface area contributed by atoms with Crippen molar-refractivity contribution >= 4 is 35.2 Å². The highest BCUT2D eigenvalue weighted by atomic mass is 35.5. The molecule has 0 radical (unpaired) electrons. The summed E-state index contributed by atoms with van der Waals surface area (Å²) < 4.78 is 0. The highest BCUT2D eigenvalue weighted by Gasteiger charge is 2.25. The van der Waals surface area contributed by atoms with E-state index in [4.69, 9.17) is 11.6 Å². The molecule has 1 amide bonds. The molecule has 6 heteroatoms. The van der Waals surface area contributed by atoms with Gasteiger partial charge in [0.05, 0.1) is 16.3 Å². The first kappa shape index (κ1) is 18.0. The first-order chi connectivity index (χ1) is 12.6. The minimum absolute atomic E-state index is 0.0836. The van der Waals surface area contributed by atoms with E-state index >= 15 is 0 Å². The van der Waals surface area contributed by atoms with E-state index in [2.05, 4.69) is 10.2 Å². The third-order valence-corrected chi connectivity index (χ3v) is 4.96. The van der Waals surface area contributed by atoms with E-state index in [1.54, 1.807) is 30.3 Å². The molecule has 26 heavy (non-hydrogen) atoms. The van der Waals surface area contributed by atoms with Gasteiger partial charge in [-0.3, -0.25) is 9.59 Å². The van der Waals surface area contributed by atoms with Crippen LogP contribution in [0.4, 0.5) is 11.4 Å². The smallest absolute Gasteiger partial charge is 0.227 e. The zero-order valence-corrected chi connectivity index (χ0v) is 14.9. The van der Waals surface area contributed by atoms with E-state index < -0.39 is 0 Å². The Balaban J connectivity index is 1.61. The number of nitrogens with zero attached hydrogens (tertiary/aromatic N) is 2. The summed E-state index contributed by atoms with van der Waals surface area (Å²) in [4.78, 5) is 25.5. The molecule has 1 fully saturated rings. The Morgan fingerprint density at radius 3 is 2.50 bits per heavy atom. The number of carbonyl (C=O) groups is 2. The van der Waals surface area contributed by atoms with Gasteiger partial charge in [-0.05, 0) is 49.2 Å². The molecule has 0 aromatic heterocycles. The topological polar surface area (TPSA) is 73.2 Å². The summed E-state index contributed by atoms with van der Waals surface area (Å²) in [5.41, 5.74) is 2.45. The van der Waals surface area contributed by atoms with Crippen LogP contribution in [-0.4, -0.2) is 25.3 Å². The normalized spacial score (nSPS) is 14.5. The summed E-state index contributed by atoms with van der Waals surface area (Å²) in [5, 5.41) is 12.4. The Bertz CT molecular complexity index is 850. The molecule has 1 heterocycles. The van der Waals surface area contributed by atoms with Crippen molar-refractivity contribution in [2.75, 3.05) is 23.3 Å². The molecule has 1 aliphatic rings. The van der Waals surface area contributed by atoms with Crippen molar-refractivity contribution in [1.82, 2.24) is 0 Å². The van der Waals surface area contributed by atoms with E-state index in [1.807, 2.05) is 18.2 Å². The standard InChI is InChI=1S/C20H18ClN3O2/c21-18-2-1-3-19(17(18)12-22)23-20(26)15-8-10-24(11-9-15)16-6-4-14(13-25)5-7-16/h1-7,13,15H,8-11H2,(H,23,26). The molecule has 0 unspecified atom stereocenters. The van der Waals surface area contributed by atoms with Crippen LogP contribution in [-0.2, 0) is 4.79 Å². The summed E-state index contributed by atoms with van der Waals surface area (Å²) >= 11 is 6.01. The van der Waals surface area contributed by atoms with Crippen LogP contribution >= 0.6 is 11.6 Å². The fourth-order valence-corrected chi connectivity index (χ4v) is 3.36. The molecule has 1 saturated heterocycles. The van der Waals surface area contributed by atoms with Gasteiger partial charge in [0.2, 0.25) is 5.91 Å². The predicted octanol–water partition coefficient (Wildman–Crippen LogP) is 3.88. The van der Waals surface area contributed by atoms with Gasteiger partial charge >= 0.3 is 0 Å². The second kappa shape index (κ2) is 8.03. The van der Waals surface area contributed by atoms with Gasteiger partial charge in [-0.1, -0.05) is 17.7 Å². The fraction of sp³-hybridized carbons (Fsp3) is 0.250. The number of amides is 1. The number of carbonyl (C=O) groups excluding carboxylic acids is 2. The van der Waals surface area contributed by atoms with E-state index in [9.17, 15) is 14.9 Å². The molecule has 0 saturated carbocycles. The molecular weight excluding hydrogens is 350 g/mol. The van der Waals surface area contributed by atoms with Crippen LogP contribution < -0.4 is 10.2 Å². The molecule has 5 nitrogen and oxygen atoms in total. The number of nitrogens with one attached hydrogen (secondary N) is 1. The maximum atomic E-state index is 12.6. The lowest BCUT2D eigenvalue weighted by Gasteiger charge is -2.33. The summed E-state index contributed by atoms with van der Waals surface area (Å²) in [6.45, 7) is 1.53. The van der Waals surface area contributed by atoms with Crippen molar-refractivity contribution in [3.63, 3.8) is 0 Å².